The van der Waals surface area contributed by atoms with E-state index in [1.165, 1.54) is 0 Å². The second-order valence-corrected chi connectivity index (χ2v) is 3.39. The van der Waals surface area contributed by atoms with E-state index < -0.39 is 0 Å². The van der Waals surface area contributed by atoms with Crippen LogP contribution in [0.5, 0.6) is 11.5 Å². The monoisotopic (exact) mass is 215 g/mol. The van der Waals surface area contributed by atoms with Crippen molar-refractivity contribution in [3.05, 3.63) is 36.4 Å². The van der Waals surface area contributed by atoms with E-state index in [-0.39, 0.29) is 0 Å². The lowest BCUT2D eigenvalue weighted by Crippen LogP contribution is -1.98. The number of fused-ring (bicyclic) bond motifs is 1. The van der Waals surface area contributed by atoms with Crippen LogP contribution in [0, 0.1) is 6.07 Å². The van der Waals surface area contributed by atoms with Crippen molar-refractivity contribution >= 4 is 10.8 Å². The molecule has 0 heterocycles. The molecule has 0 atom stereocenters. The summed E-state index contributed by atoms with van der Waals surface area (Å²) >= 11 is 0. The van der Waals surface area contributed by atoms with E-state index in [9.17, 15) is 0 Å². The molecule has 0 aliphatic rings. The first-order valence-corrected chi connectivity index (χ1v) is 5.55. The average Bonchev–Trinajstić information content (AvgIpc) is 2.32. The lowest BCUT2D eigenvalue weighted by molar-refractivity contribution is 0.290. The molecular formula is C14H15O2. The third-order valence-corrected chi connectivity index (χ3v) is 2.34. The molecular weight excluding hydrogens is 200 g/mol. The van der Waals surface area contributed by atoms with Gasteiger partial charge in [0.2, 0.25) is 0 Å². The van der Waals surface area contributed by atoms with Crippen molar-refractivity contribution in [1.29, 1.82) is 0 Å². The number of ether oxygens (including phenoxy) is 2. The van der Waals surface area contributed by atoms with Crippen LogP contribution < -0.4 is 9.47 Å². The van der Waals surface area contributed by atoms with E-state index in [1.54, 1.807) is 0 Å². The summed E-state index contributed by atoms with van der Waals surface area (Å²) in [5.41, 5.74) is 0. The van der Waals surface area contributed by atoms with E-state index in [0.29, 0.717) is 13.2 Å². The van der Waals surface area contributed by atoms with Gasteiger partial charge in [-0.3, -0.25) is 0 Å². The molecule has 2 rings (SSSR count). The van der Waals surface area contributed by atoms with Gasteiger partial charge in [0.15, 0.2) is 11.5 Å². The molecule has 0 aliphatic carbocycles. The SMILES string of the molecule is CCOc1c[c]c2ccccc2c1OCC. The molecule has 0 saturated carbocycles. The number of benzene rings is 2. The summed E-state index contributed by atoms with van der Waals surface area (Å²) in [5, 5.41) is 2.10. The third-order valence-electron chi connectivity index (χ3n) is 2.34. The lowest BCUT2D eigenvalue weighted by atomic mass is 10.1. The standard InChI is InChI=1S/C14H15O2/c1-3-15-13-10-9-11-7-5-6-8-12(11)14(13)16-4-2/h5-8,10H,3-4H2,1-2H3. The molecule has 0 spiro atoms. The molecule has 0 amide bonds. The van der Waals surface area contributed by atoms with Gasteiger partial charge in [-0.25, -0.2) is 0 Å². The molecule has 0 saturated heterocycles. The maximum absolute atomic E-state index is 5.66. The summed E-state index contributed by atoms with van der Waals surface area (Å²) in [5.74, 6) is 1.58. The topological polar surface area (TPSA) is 18.5 Å². The summed E-state index contributed by atoms with van der Waals surface area (Å²) in [7, 11) is 0. The van der Waals surface area contributed by atoms with Crippen molar-refractivity contribution in [2.45, 2.75) is 13.8 Å². The Morgan fingerprint density at radius 1 is 1.06 bits per heavy atom. The van der Waals surface area contributed by atoms with Gasteiger partial charge >= 0.3 is 0 Å². The van der Waals surface area contributed by atoms with Gasteiger partial charge in [-0.1, -0.05) is 24.3 Å². The predicted octanol–water partition coefficient (Wildman–Crippen LogP) is 3.44. The van der Waals surface area contributed by atoms with Crippen molar-refractivity contribution < 1.29 is 9.47 Å². The number of hydrogen-bond donors (Lipinski definition) is 0. The van der Waals surface area contributed by atoms with E-state index in [0.717, 1.165) is 22.3 Å². The summed E-state index contributed by atoms with van der Waals surface area (Å²) in [6, 6.07) is 13.1. The zero-order valence-corrected chi connectivity index (χ0v) is 9.62. The molecule has 0 aliphatic heterocycles. The Morgan fingerprint density at radius 2 is 1.81 bits per heavy atom. The molecule has 0 bridgehead atoms. The second-order valence-electron chi connectivity index (χ2n) is 3.39. The first-order valence-electron chi connectivity index (χ1n) is 5.55. The molecule has 1 radical (unpaired) electrons. The molecule has 2 aromatic rings. The normalized spacial score (nSPS) is 10.4. The van der Waals surface area contributed by atoms with E-state index >= 15 is 0 Å². The third kappa shape index (κ3) is 1.96. The van der Waals surface area contributed by atoms with Crippen LogP contribution in [0.3, 0.4) is 0 Å². The largest absolute Gasteiger partial charge is 0.490 e. The quantitative estimate of drug-likeness (QED) is 0.777. The van der Waals surface area contributed by atoms with Crippen molar-refractivity contribution in [1.82, 2.24) is 0 Å². The minimum absolute atomic E-state index is 0.631. The Bertz CT molecular complexity index is 477. The lowest BCUT2D eigenvalue weighted by Gasteiger charge is -2.12. The van der Waals surface area contributed by atoms with E-state index in [2.05, 4.69) is 6.07 Å². The minimum atomic E-state index is 0.631. The summed E-state index contributed by atoms with van der Waals surface area (Å²) in [4.78, 5) is 0. The van der Waals surface area contributed by atoms with Gasteiger partial charge < -0.3 is 9.47 Å². The van der Waals surface area contributed by atoms with Gasteiger partial charge in [-0.15, -0.1) is 0 Å². The maximum Gasteiger partial charge on any atom is 0.168 e. The summed E-state index contributed by atoms with van der Waals surface area (Å²) < 4.78 is 11.2. The molecule has 0 unspecified atom stereocenters. The Labute approximate surface area is 95.8 Å². The van der Waals surface area contributed by atoms with Crippen LogP contribution in [0.1, 0.15) is 13.8 Å². The van der Waals surface area contributed by atoms with Gasteiger partial charge in [0, 0.05) is 5.39 Å². The molecule has 2 heteroatoms. The molecule has 0 fully saturated rings. The fraction of sp³-hybridized carbons (Fsp3) is 0.286. The molecule has 0 aromatic heterocycles. The van der Waals surface area contributed by atoms with Crippen molar-refractivity contribution in [2.24, 2.45) is 0 Å². The Morgan fingerprint density at radius 3 is 2.56 bits per heavy atom. The van der Waals surface area contributed by atoms with E-state index in [4.69, 9.17) is 9.47 Å². The van der Waals surface area contributed by atoms with Crippen molar-refractivity contribution in [3.8, 4) is 11.5 Å². The van der Waals surface area contributed by atoms with Gasteiger partial charge in [0.05, 0.1) is 13.2 Å². The second kappa shape index (κ2) is 4.88. The fourth-order valence-electron chi connectivity index (χ4n) is 1.70. The highest BCUT2D eigenvalue weighted by Gasteiger charge is 2.09. The van der Waals surface area contributed by atoms with Gasteiger partial charge in [-0.2, -0.15) is 0 Å². The smallest absolute Gasteiger partial charge is 0.168 e. The van der Waals surface area contributed by atoms with Gasteiger partial charge in [0.1, 0.15) is 0 Å². The molecule has 83 valence electrons. The highest BCUT2D eigenvalue weighted by molar-refractivity contribution is 5.90. The summed E-state index contributed by atoms with van der Waals surface area (Å²) in [6.07, 6.45) is 0. The van der Waals surface area contributed by atoms with Crippen LogP contribution in [0.25, 0.3) is 10.8 Å². The number of hydrogen-bond acceptors (Lipinski definition) is 2. The summed E-state index contributed by atoms with van der Waals surface area (Å²) in [6.45, 7) is 5.20. The zero-order valence-electron chi connectivity index (χ0n) is 9.62. The molecule has 16 heavy (non-hydrogen) atoms. The highest BCUT2D eigenvalue weighted by atomic mass is 16.5. The van der Waals surface area contributed by atoms with Crippen LogP contribution in [-0.4, -0.2) is 13.2 Å². The Balaban J connectivity index is 2.58. The Kier molecular flexibility index (Phi) is 3.30. The maximum atomic E-state index is 5.66. The predicted molar refractivity (Wildman–Crippen MR) is 65.1 cm³/mol. The van der Waals surface area contributed by atoms with E-state index in [1.807, 2.05) is 44.2 Å². The first-order chi connectivity index (χ1) is 7.86. The zero-order chi connectivity index (χ0) is 11.4. The van der Waals surface area contributed by atoms with Crippen LogP contribution in [0.15, 0.2) is 30.3 Å². The van der Waals surface area contributed by atoms with Crippen LogP contribution in [0.2, 0.25) is 0 Å². The molecule has 2 nitrogen and oxygen atoms in total. The molecule has 2 aromatic carbocycles. The highest BCUT2D eigenvalue weighted by Crippen LogP contribution is 2.35. The van der Waals surface area contributed by atoms with Crippen LogP contribution >= 0.6 is 0 Å². The number of rotatable bonds is 4. The molecule has 0 N–H and O–H groups in total. The minimum Gasteiger partial charge on any atom is -0.490 e. The van der Waals surface area contributed by atoms with Crippen molar-refractivity contribution in [2.75, 3.05) is 13.2 Å². The van der Waals surface area contributed by atoms with Crippen LogP contribution in [0.4, 0.5) is 0 Å². The van der Waals surface area contributed by atoms with Crippen molar-refractivity contribution in [3.63, 3.8) is 0 Å². The first kappa shape index (κ1) is 10.8. The average molecular weight is 215 g/mol. The Hall–Kier alpha value is -1.70. The van der Waals surface area contributed by atoms with Crippen LogP contribution in [-0.2, 0) is 0 Å². The van der Waals surface area contributed by atoms with Gasteiger partial charge in [0.25, 0.3) is 0 Å². The fourth-order valence-corrected chi connectivity index (χ4v) is 1.70. The van der Waals surface area contributed by atoms with Gasteiger partial charge in [-0.05, 0) is 31.4 Å².